The molecule has 0 saturated heterocycles. The normalized spacial score (nSPS) is 12.8. The van der Waals surface area contributed by atoms with Crippen molar-refractivity contribution in [3.63, 3.8) is 0 Å². The Morgan fingerprint density at radius 2 is 2.10 bits per heavy atom. The monoisotopic (exact) mass is 306 g/mol. The van der Waals surface area contributed by atoms with E-state index >= 15 is 0 Å². The summed E-state index contributed by atoms with van der Waals surface area (Å²) in [5.74, 6) is -0.965. The van der Waals surface area contributed by atoms with Crippen molar-refractivity contribution in [1.29, 1.82) is 0 Å². The average Bonchev–Trinajstić information content (AvgIpc) is 2.78. The van der Waals surface area contributed by atoms with Crippen LogP contribution in [0, 0.1) is 0 Å². The zero-order valence-corrected chi connectivity index (χ0v) is 14.2. The van der Waals surface area contributed by atoms with E-state index in [4.69, 9.17) is 9.53 Å². The number of hydrogen-bond acceptors (Lipinski definition) is 3. The second kappa shape index (κ2) is 5.27. The molecule has 0 fully saturated rings. The summed E-state index contributed by atoms with van der Waals surface area (Å²) in [5.41, 5.74) is 1.78. The number of fused-ring (bicyclic) bond motifs is 1. The van der Waals surface area contributed by atoms with Gasteiger partial charge in [0, 0.05) is 6.20 Å². The Balaban J connectivity index is 2.24. The van der Waals surface area contributed by atoms with Crippen molar-refractivity contribution < 1.29 is 14.3 Å². The maximum Gasteiger partial charge on any atom is 0.339 e. The van der Waals surface area contributed by atoms with Gasteiger partial charge in [-0.05, 0) is 35.8 Å². The van der Waals surface area contributed by atoms with Gasteiger partial charge in [0.2, 0.25) is 0 Å². The van der Waals surface area contributed by atoms with Crippen LogP contribution < -0.4 is 0 Å². The Labute approximate surface area is 125 Å². The van der Waals surface area contributed by atoms with E-state index in [2.05, 4.69) is 39.0 Å². The molecule has 1 N–H and O–H groups in total. The second-order valence-corrected chi connectivity index (χ2v) is 11.6. The lowest BCUT2D eigenvalue weighted by Crippen LogP contribution is -2.40. The van der Waals surface area contributed by atoms with Crippen LogP contribution in [0.3, 0.4) is 0 Å². The lowest BCUT2D eigenvalue weighted by Gasteiger charge is -2.36. The third-order valence-corrected chi connectivity index (χ3v) is 8.70. The molecule has 5 nitrogen and oxygen atoms in total. The number of pyridine rings is 1. The smallest absolute Gasteiger partial charge is 0.339 e. The highest BCUT2D eigenvalue weighted by Gasteiger charge is 2.37. The number of aromatic carboxylic acids is 1. The van der Waals surface area contributed by atoms with Gasteiger partial charge < -0.3 is 9.53 Å². The molecule has 0 atom stereocenters. The van der Waals surface area contributed by atoms with Crippen molar-refractivity contribution >= 4 is 19.8 Å². The zero-order valence-electron chi connectivity index (χ0n) is 13.2. The zero-order chi connectivity index (χ0) is 15.8. The summed E-state index contributed by atoms with van der Waals surface area (Å²) in [7, 11) is -1.81. The fourth-order valence-corrected chi connectivity index (χ4v) is 2.72. The van der Waals surface area contributed by atoms with Crippen molar-refractivity contribution in [3.05, 3.63) is 35.7 Å². The Morgan fingerprint density at radius 1 is 1.43 bits per heavy atom. The molecule has 0 aromatic carbocycles. The van der Waals surface area contributed by atoms with Crippen LogP contribution in [0.2, 0.25) is 18.1 Å². The minimum absolute atomic E-state index is 0.153. The van der Waals surface area contributed by atoms with E-state index < -0.39 is 14.3 Å². The van der Waals surface area contributed by atoms with Crippen molar-refractivity contribution in [2.75, 3.05) is 0 Å². The number of nitrogens with zero attached hydrogens (tertiary/aromatic N) is 2. The fraction of sp³-hybridized carbons (Fsp3) is 0.467. The quantitative estimate of drug-likeness (QED) is 0.877. The third-order valence-electron chi connectivity index (χ3n) is 4.22. The van der Waals surface area contributed by atoms with Gasteiger partial charge >= 0.3 is 5.97 Å². The van der Waals surface area contributed by atoms with Gasteiger partial charge in [-0.25, -0.2) is 9.31 Å². The molecule has 114 valence electrons. The SMILES string of the molecule is CC(C)(C)[Si](C)(C)OCc1ccn2ncc(C(=O)O)c2c1. The first kappa shape index (κ1) is 15.7. The Bertz CT molecular complexity index is 671. The summed E-state index contributed by atoms with van der Waals surface area (Å²) in [6, 6.07) is 3.75. The first-order valence-electron chi connectivity index (χ1n) is 6.95. The van der Waals surface area contributed by atoms with Gasteiger partial charge in [-0.2, -0.15) is 5.10 Å². The number of aromatic nitrogens is 2. The number of carbonyl (C=O) groups is 1. The highest BCUT2D eigenvalue weighted by Crippen LogP contribution is 2.37. The van der Waals surface area contributed by atoms with Gasteiger partial charge in [0.1, 0.15) is 5.56 Å². The second-order valence-electron chi connectivity index (χ2n) is 6.78. The molecule has 0 bridgehead atoms. The largest absolute Gasteiger partial charge is 0.478 e. The summed E-state index contributed by atoms with van der Waals surface area (Å²) in [4.78, 5) is 11.2. The maximum atomic E-state index is 11.2. The molecule has 2 aromatic rings. The van der Waals surface area contributed by atoms with E-state index in [9.17, 15) is 4.79 Å². The average molecular weight is 306 g/mol. The van der Waals surface area contributed by atoms with E-state index in [-0.39, 0.29) is 10.6 Å². The standard InChI is InChI=1S/C15H22N2O3Si/c1-15(2,3)21(4,5)20-10-11-6-7-17-13(8-11)12(9-16-17)14(18)19/h6-9H,10H2,1-5H3,(H,18,19). The van der Waals surface area contributed by atoms with Crippen molar-refractivity contribution in [2.24, 2.45) is 0 Å². The molecular formula is C15H22N2O3Si. The van der Waals surface area contributed by atoms with E-state index in [0.29, 0.717) is 12.1 Å². The number of carboxylic acid groups (broad SMARTS) is 1. The van der Waals surface area contributed by atoms with Crippen molar-refractivity contribution in [1.82, 2.24) is 9.61 Å². The van der Waals surface area contributed by atoms with Crippen LogP contribution >= 0.6 is 0 Å². The van der Waals surface area contributed by atoms with Gasteiger partial charge in [0.15, 0.2) is 8.32 Å². The molecular weight excluding hydrogens is 284 g/mol. The minimum Gasteiger partial charge on any atom is -0.478 e. The van der Waals surface area contributed by atoms with Gasteiger partial charge in [-0.15, -0.1) is 0 Å². The lowest BCUT2D eigenvalue weighted by molar-refractivity contribution is 0.0699. The first-order valence-corrected chi connectivity index (χ1v) is 9.86. The highest BCUT2D eigenvalue weighted by atomic mass is 28.4. The molecule has 2 aromatic heterocycles. The number of rotatable bonds is 4. The Kier molecular flexibility index (Phi) is 3.95. The van der Waals surface area contributed by atoms with Crippen molar-refractivity contribution in [3.8, 4) is 0 Å². The summed E-state index contributed by atoms with van der Waals surface area (Å²) < 4.78 is 7.74. The summed E-state index contributed by atoms with van der Waals surface area (Å²) in [6.07, 6.45) is 3.14. The molecule has 0 unspecified atom stereocenters. The van der Waals surface area contributed by atoms with Crippen LogP contribution in [0.4, 0.5) is 0 Å². The molecule has 6 heteroatoms. The Hall–Kier alpha value is -1.66. The molecule has 21 heavy (non-hydrogen) atoms. The highest BCUT2D eigenvalue weighted by molar-refractivity contribution is 6.74. The van der Waals surface area contributed by atoms with Gasteiger partial charge in [0.05, 0.1) is 18.3 Å². The van der Waals surface area contributed by atoms with Gasteiger partial charge in [-0.1, -0.05) is 20.8 Å². The first-order chi connectivity index (χ1) is 9.62. The predicted octanol–water partition coefficient (Wildman–Crippen LogP) is 3.55. The summed E-state index contributed by atoms with van der Waals surface area (Å²) >= 11 is 0. The summed E-state index contributed by atoms with van der Waals surface area (Å²) in [5, 5.41) is 13.3. The summed E-state index contributed by atoms with van der Waals surface area (Å²) in [6.45, 7) is 11.5. The van der Waals surface area contributed by atoms with Crippen LogP contribution in [-0.4, -0.2) is 29.0 Å². The topological polar surface area (TPSA) is 63.8 Å². The Morgan fingerprint density at radius 3 is 2.67 bits per heavy atom. The third kappa shape index (κ3) is 3.16. The van der Waals surface area contributed by atoms with Crippen LogP contribution in [0.25, 0.3) is 5.52 Å². The van der Waals surface area contributed by atoms with E-state index in [1.165, 1.54) is 6.20 Å². The molecule has 0 aliphatic rings. The van der Waals surface area contributed by atoms with Crippen LogP contribution in [0.5, 0.6) is 0 Å². The number of carboxylic acids is 1. The van der Waals surface area contributed by atoms with Crippen molar-refractivity contribution in [2.45, 2.75) is 45.5 Å². The molecule has 0 saturated carbocycles. The molecule has 2 heterocycles. The van der Waals surface area contributed by atoms with Crippen LogP contribution in [0.15, 0.2) is 24.5 Å². The molecule has 0 spiro atoms. The van der Waals surface area contributed by atoms with E-state index in [0.717, 1.165) is 5.56 Å². The van der Waals surface area contributed by atoms with E-state index in [1.807, 2.05) is 12.1 Å². The van der Waals surface area contributed by atoms with Gasteiger partial charge in [-0.3, -0.25) is 0 Å². The van der Waals surface area contributed by atoms with Gasteiger partial charge in [0.25, 0.3) is 0 Å². The predicted molar refractivity (Wildman–Crippen MR) is 84.1 cm³/mol. The number of hydrogen-bond donors (Lipinski definition) is 1. The lowest BCUT2D eigenvalue weighted by atomic mass is 10.2. The molecule has 0 amide bonds. The molecule has 0 radical (unpaired) electrons. The molecule has 0 aliphatic heterocycles. The van der Waals surface area contributed by atoms with Crippen LogP contribution in [0.1, 0.15) is 36.7 Å². The maximum absolute atomic E-state index is 11.2. The molecule has 0 aliphatic carbocycles. The minimum atomic E-state index is -1.81. The fourth-order valence-electron chi connectivity index (χ4n) is 1.76. The van der Waals surface area contributed by atoms with Crippen LogP contribution in [-0.2, 0) is 11.0 Å². The van der Waals surface area contributed by atoms with E-state index in [1.54, 1.807) is 10.7 Å². The molecule has 2 rings (SSSR count).